The van der Waals surface area contributed by atoms with Crippen molar-refractivity contribution in [3.05, 3.63) is 105 Å². The number of carbonyl (C=O) groups is 1. The van der Waals surface area contributed by atoms with E-state index in [-0.39, 0.29) is 17.4 Å². The number of rotatable bonds is 3. The zero-order chi connectivity index (χ0) is 24.0. The van der Waals surface area contributed by atoms with Crippen LogP contribution in [0, 0.1) is 25.2 Å². The first-order chi connectivity index (χ1) is 16.4. The molecule has 34 heavy (non-hydrogen) atoms. The molecule has 168 valence electrons. The second kappa shape index (κ2) is 8.40. The minimum Gasteiger partial charge on any atom is -0.449 e. The fraction of sp³-hybridized carbons (Fsp3) is 0.111. The van der Waals surface area contributed by atoms with Crippen molar-refractivity contribution in [2.45, 2.75) is 19.8 Å². The molecule has 0 radical (unpaired) electrons. The van der Waals surface area contributed by atoms with Crippen molar-refractivity contribution in [3.8, 4) is 17.6 Å². The van der Waals surface area contributed by atoms with Crippen LogP contribution in [0.4, 0.5) is 0 Å². The Labute approximate surface area is 204 Å². The largest absolute Gasteiger partial charge is 0.449 e. The topological polar surface area (TPSA) is 98.5 Å². The van der Waals surface area contributed by atoms with Gasteiger partial charge in [-0.1, -0.05) is 51.8 Å². The Morgan fingerprint density at radius 2 is 1.88 bits per heavy atom. The van der Waals surface area contributed by atoms with Gasteiger partial charge in [0.1, 0.15) is 28.7 Å². The molecule has 1 aliphatic heterocycles. The number of furan rings is 1. The van der Waals surface area contributed by atoms with E-state index in [1.807, 2.05) is 56.3 Å². The first-order valence-corrected chi connectivity index (χ1v) is 11.3. The Morgan fingerprint density at radius 1 is 1.09 bits per heavy atom. The zero-order valence-corrected chi connectivity index (χ0v) is 20.0. The van der Waals surface area contributed by atoms with Gasteiger partial charge in [-0.15, -0.1) is 0 Å². The van der Waals surface area contributed by atoms with E-state index in [4.69, 9.17) is 19.6 Å². The van der Waals surface area contributed by atoms with Gasteiger partial charge in [-0.3, -0.25) is 0 Å². The number of nitrogens with two attached hydrogens (primary N) is 1. The Hall–Kier alpha value is -4.02. The van der Waals surface area contributed by atoms with Crippen LogP contribution in [0.1, 0.15) is 38.7 Å². The van der Waals surface area contributed by atoms with E-state index >= 15 is 0 Å². The van der Waals surface area contributed by atoms with Gasteiger partial charge in [0, 0.05) is 27.1 Å². The maximum atomic E-state index is 12.9. The fourth-order valence-corrected chi connectivity index (χ4v) is 4.72. The minimum atomic E-state index is -0.606. The second-order valence-electron chi connectivity index (χ2n) is 8.09. The SMILES string of the molecule is Cc1ccc2oc(C(=O)Oc3ccc4c(c3)OC(N)=C(C#N)C4c3ccccc3Br)c(C)c2c1. The van der Waals surface area contributed by atoms with Crippen LogP contribution in [0.25, 0.3) is 11.0 Å². The summed E-state index contributed by atoms with van der Waals surface area (Å²) in [6.07, 6.45) is 0. The van der Waals surface area contributed by atoms with Crippen molar-refractivity contribution < 1.29 is 18.7 Å². The summed E-state index contributed by atoms with van der Waals surface area (Å²) in [4.78, 5) is 12.9. The van der Waals surface area contributed by atoms with Crippen molar-refractivity contribution in [3.63, 3.8) is 0 Å². The van der Waals surface area contributed by atoms with Gasteiger partial charge in [0.05, 0.1) is 5.92 Å². The molecule has 0 spiro atoms. The van der Waals surface area contributed by atoms with Gasteiger partial charge in [-0.2, -0.15) is 5.26 Å². The summed E-state index contributed by atoms with van der Waals surface area (Å²) in [5.41, 5.74) is 10.5. The summed E-state index contributed by atoms with van der Waals surface area (Å²) in [6, 6.07) is 20.6. The van der Waals surface area contributed by atoms with Gasteiger partial charge in [0.2, 0.25) is 11.6 Å². The summed E-state index contributed by atoms with van der Waals surface area (Å²) < 4.78 is 18.0. The van der Waals surface area contributed by atoms with Gasteiger partial charge in [0.15, 0.2) is 0 Å². The monoisotopic (exact) mass is 514 g/mol. The molecule has 1 atom stereocenters. The third kappa shape index (κ3) is 3.62. The van der Waals surface area contributed by atoms with Gasteiger partial charge < -0.3 is 19.6 Å². The number of ether oxygens (including phenoxy) is 2. The molecule has 7 heteroatoms. The predicted octanol–water partition coefficient (Wildman–Crippen LogP) is 6.25. The van der Waals surface area contributed by atoms with Gasteiger partial charge >= 0.3 is 5.97 Å². The molecule has 0 amide bonds. The highest BCUT2D eigenvalue weighted by Gasteiger charge is 2.32. The van der Waals surface area contributed by atoms with Crippen LogP contribution >= 0.6 is 15.9 Å². The molecule has 1 aromatic heterocycles. The van der Waals surface area contributed by atoms with Crippen LogP contribution in [-0.2, 0) is 0 Å². The van der Waals surface area contributed by atoms with E-state index in [1.165, 1.54) is 0 Å². The Morgan fingerprint density at radius 3 is 2.65 bits per heavy atom. The number of hydrogen-bond acceptors (Lipinski definition) is 6. The number of halogens is 1. The number of nitrogens with zero attached hydrogens (tertiary/aromatic N) is 1. The van der Waals surface area contributed by atoms with Gasteiger partial charge in [0.25, 0.3) is 0 Å². The van der Waals surface area contributed by atoms with E-state index in [1.54, 1.807) is 18.2 Å². The lowest BCUT2D eigenvalue weighted by molar-refractivity contribution is 0.0702. The molecule has 4 aromatic rings. The van der Waals surface area contributed by atoms with Crippen molar-refractivity contribution in [1.29, 1.82) is 5.26 Å². The van der Waals surface area contributed by atoms with Crippen molar-refractivity contribution in [1.82, 2.24) is 0 Å². The summed E-state index contributed by atoms with van der Waals surface area (Å²) in [7, 11) is 0. The number of carbonyl (C=O) groups excluding carboxylic acids is 1. The lowest BCUT2D eigenvalue weighted by Gasteiger charge is -2.27. The summed E-state index contributed by atoms with van der Waals surface area (Å²) in [6.45, 7) is 3.81. The molecule has 6 nitrogen and oxygen atoms in total. The van der Waals surface area contributed by atoms with E-state index < -0.39 is 11.9 Å². The van der Waals surface area contributed by atoms with Crippen LogP contribution < -0.4 is 15.2 Å². The van der Waals surface area contributed by atoms with Crippen LogP contribution in [0.3, 0.4) is 0 Å². The molecule has 0 aliphatic carbocycles. The molecule has 5 rings (SSSR count). The maximum Gasteiger partial charge on any atom is 0.379 e. The fourth-order valence-electron chi connectivity index (χ4n) is 4.21. The highest BCUT2D eigenvalue weighted by molar-refractivity contribution is 9.10. The zero-order valence-electron chi connectivity index (χ0n) is 18.4. The minimum absolute atomic E-state index is 0.0164. The number of fused-ring (bicyclic) bond motifs is 2. The second-order valence-corrected chi connectivity index (χ2v) is 8.95. The smallest absolute Gasteiger partial charge is 0.379 e. The molecular formula is C27H19BrN2O4. The van der Waals surface area contributed by atoms with Crippen LogP contribution in [0.5, 0.6) is 11.5 Å². The number of nitriles is 1. The molecule has 2 heterocycles. The van der Waals surface area contributed by atoms with Crippen molar-refractivity contribution in [2.24, 2.45) is 5.73 Å². The molecule has 1 unspecified atom stereocenters. The Balaban J connectivity index is 1.50. The standard InChI is InChI=1S/C27H19BrN2O4/c1-14-7-10-22-19(11-14)15(2)25(33-22)27(31)32-16-8-9-18-23(12-16)34-26(30)20(13-29)24(18)17-5-3-4-6-21(17)28/h3-12,24H,30H2,1-2H3. The quantitative estimate of drug-likeness (QED) is 0.256. The lowest BCUT2D eigenvalue weighted by atomic mass is 9.83. The third-order valence-corrected chi connectivity index (χ3v) is 6.62. The number of allylic oxidation sites excluding steroid dienone is 1. The average Bonchev–Trinajstić information content (AvgIpc) is 3.14. The normalized spacial score (nSPS) is 14.9. The van der Waals surface area contributed by atoms with E-state index in [0.717, 1.165) is 32.1 Å². The molecule has 0 saturated heterocycles. The number of aryl methyl sites for hydroxylation is 2. The highest BCUT2D eigenvalue weighted by atomic mass is 79.9. The van der Waals surface area contributed by atoms with Crippen molar-refractivity contribution >= 4 is 32.9 Å². The molecule has 3 aromatic carbocycles. The average molecular weight is 515 g/mol. The molecule has 0 bridgehead atoms. The number of esters is 1. The van der Waals surface area contributed by atoms with E-state index in [0.29, 0.717) is 16.9 Å². The molecule has 2 N–H and O–H groups in total. The van der Waals surface area contributed by atoms with E-state index in [9.17, 15) is 10.1 Å². The Bertz CT molecular complexity index is 1540. The number of benzene rings is 3. The van der Waals surface area contributed by atoms with Crippen LogP contribution in [-0.4, -0.2) is 5.97 Å². The first kappa shape index (κ1) is 21.8. The van der Waals surface area contributed by atoms with Crippen LogP contribution in [0.15, 0.2) is 81.0 Å². The molecule has 1 aliphatic rings. The van der Waals surface area contributed by atoms with Crippen LogP contribution in [0.2, 0.25) is 0 Å². The number of hydrogen-bond donors (Lipinski definition) is 1. The molecule has 0 saturated carbocycles. The summed E-state index contributed by atoms with van der Waals surface area (Å²) in [5, 5.41) is 10.6. The highest BCUT2D eigenvalue weighted by Crippen LogP contribution is 2.45. The van der Waals surface area contributed by atoms with Gasteiger partial charge in [-0.25, -0.2) is 4.79 Å². The van der Waals surface area contributed by atoms with E-state index in [2.05, 4.69) is 22.0 Å². The predicted molar refractivity (Wildman–Crippen MR) is 131 cm³/mol. The molecule has 0 fully saturated rings. The lowest BCUT2D eigenvalue weighted by Crippen LogP contribution is -2.21. The Kier molecular flexibility index (Phi) is 5.39. The first-order valence-electron chi connectivity index (χ1n) is 10.5. The maximum absolute atomic E-state index is 12.9. The summed E-state index contributed by atoms with van der Waals surface area (Å²) >= 11 is 3.57. The molecular weight excluding hydrogens is 496 g/mol. The summed E-state index contributed by atoms with van der Waals surface area (Å²) in [5.74, 6) is -0.168. The van der Waals surface area contributed by atoms with Crippen molar-refractivity contribution in [2.75, 3.05) is 0 Å². The van der Waals surface area contributed by atoms with Gasteiger partial charge in [-0.05, 0) is 43.7 Å². The third-order valence-electron chi connectivity index (χ3n) is 5.89.